The summed E-state index contributed by atoms with van der Waals surface area (Å²) in [6, 6.07) is 14.8. The number of nitrogens with one attached hydrogen (secondary N) is 1. The fourth-order valence-electron chi connectivity index (χ4n) is 3.55. The number of fused-ring (bicyclic) bond motifs is 1. The third-order valence-corrected chi connectivity index (χ3v) is 6.87. The number of allylic oxidation sites excluding steroid dienone is 1. The molecule has 0 heterocycles. The van der Waals surface area contributed by atoms with E-state index in [0.29, 0.717) is 6.41 Å². The molecule has 136 valence electrons. The summed E-state index contributed by atoms with van der Waals surface area (Å²) in [6.45, 7) is 3.96. The standard InChI is InChI=1S/C21H23NO3S/c1-3-21(12-17-6-4-5-7-18(17)13-21)14-20(22-15-23)26(24,25)19-10-8-16(2)9-11-19/h4-11,14-15H,3,12-13H2,1-2H3,(H,22,23)/b20-14+. The van der Waals surface area contributed by atoms with E-state index in [0.717, 1.165) is 24.8 Å². The molecule has 0 unspecified atom stereocenters. The zero-order chi connectivity index (χ0) is 18.8. The second kappa shape index (κ2) is 7.08. The minimum absolute atomic E-state index is 0.0361. The average molecular weight is 369 g/mol. The maximum absolute atomic E-state index is 13.1. The lowest BCUT2D eigenvalue weighted by Gasteiger charge is -2.25. The Hall–Kier alpha value is -2.40. The van der Waals surface area contributed by atoms with Crippen molar-refractivity contribution in [1.82, 2.24) is 5.32 Å². The first-order valence-electron chi connectivity index (χ1n) is 8.72. The van der Waals surface area contributed by atoms with Crippen LogP contribution in [-0.2, 0) is 27.5 Å². The smallest absolute Gasteiger partial charge is 0.221 e. The van der Waals surface area contributed by atoms with Crippen molar-refractivity contribution < 1.29 is 13.2 Å². The van der Waals surface area contributed by atoms with Crippen molar-refractivity contribution in [3.8, 4) is 0 Å². The molecule has 3 rings (SSSR count). The summed E-state index contributed by atoms with van der Waals surface area (Å²) in [5.74, 6) is 0. The third-order valence-electron chi connectivity index (χ3n) is 5.17. The number of hydrogen-bond donors (Lipinski definition) is 1. The molecule has 0 atom stereocenters. The minimum atomic E-state index is -3.78. The topological polar surface area (TPSA) is 63.2 Å². The molecule has 0 radical (unpaired) electrons. The highest BCUT2D eigenvalue weighted by Gasteiger charge is 2.36. The van der Waals surface area contributed by atoms with E-state index in [4.69, 9.17) is 0 Å². The van der Waals surface area contributed by atoms with E-state index in [1.165, 1.54) is 11.1 Å². The lowest BCUT2D eigenvalue weighted by molar-refractivity contribution is -0.108. The second-order valence-corrected chi connectivity index (χ2v) is 8.84. The van der Waals surface area contributed by atoms with E-state index >= 15 is 0 Å². The zero-order valence-corrected chi connectivity index (χ0v) is 15.8. The highest BCUT2D eigenvalue weighted by atomic mass is 32.2. The monoisotopic (exact) mass is 369 g/mol. The number of carbonyl (C=O) groups excluding carboxylic acids is 1. The van der Waals surface area contributed by atoms with Crippen molar-refractivity contribution in [3.05, 3.63) is 76.3 Å². The highest BCUT2D eigenvalue weighted by molar-refractivity contribution is 7.95. The van der Waals surface area contributed by atoms with Crippen molar-refractivity contribution in [2.24, 2.45) is 5.41 Å². The molecule has 4 nitrogen and oxygen atoms in total. The van der Waals surface area contributed by atoms with E-state index in [-0.39, 0.29) is 15.3 Å². The molecule has 5 heteroatoms. The summed E-state index contributed by atoms with van der Waals surface area (Å²) in [7, 11) is -3.78. The number of sulfone groups is 1. The predicted octanol–water partition coefficient (Wildman–Crippen LogP) is 3.55. The van der Waals surface area contributed by atoms with Gasteiger partial charge in [0, 0.05) is 0 Å². The maximum atomic E-state index is 13.1. The molecule has 0 saturated heterocycles. The Kier molecular flexibility index (Phi) is 5.01. The van der Waals surface area contributed by atoms with Gasteiger partial charge in [-0.2, -0.15) is 0 Å². The first kappa shape index (κ1) is 18.4. The van der Waals surface area contributed by atoms with Crippen LogP contribution in [0.25, 0.3) is 0 Å². The number of amides is 1. The predicted molar refractivity (Wildman–Crippen MR) is 102 cm³/mol. The van der Waals surface area contributed by atoms with Crippen LogP contribution in [0.5, 0.6) is 0 Å². The third kappa shape index (κ3) is 3.44. The fourth-order valence-corrected chi connectivity index (χ4v) is 4.91. The van der Waals surface area contributed by atoms with Gasteiger partial charge in [0.25, 0.3) is 0 Å². The number of rotatable bonds is 6. The first-order chi connectivity index (χ1) is 12.4. The van der Waals surface area contributed by atoms with Crippen LogP contribution in [0.1, 0.15) is 30.0 Å². The van der Waals surface area contributed by atoms with E-state index in [1.54, 1.807) is 30.3 Å². The van der Waals surface area contributed by atoms with Gasteiger partial charge < -0.3 is 5.32 Å². The molecule has 1 aliphatic rings. The Morgan fingerprint density at radius 3 is 2.15 bits per heavy atom. The molecule has 2 aromatic carbocycles. The van der Waals surface area contributed by atoms with Gasteiger partial charge in [-0.3, -0.25) is 4.79 Å². The first-order valence-corrected chi connectivity index (χ1v) is 10.2. The average Bonchev–Trinajstić information content (AvgIpc) is 3.00. The van der Waals surface area contributed by atoms with Crippen LogP contribution >= 0.6 is 0 Å². The Morgan fingerprint density at radius 2 is 1.65 bits per heavy atom. The van der Waals surface area contributed by atoms with E-state index in [2.05, 4.69) is 24.4 Å². The van der Waals surface area contributed by atoms with Crippen LogP contribution in [0, 0.1) is 12.3 Å². The van der Waals surface area contributed by atoms with Crippen LogP contribution in [-0.4, -0.2) is 14.8 Å². The van der Waals surface area contributed by atoms with Gasteiger partial charge in [0.2, 0.25) is 16.2 Å². The van der Waals surface area contributed by atoms with Gasteiger partial charge in [0.15, 0.2) is 0 Å². The number of carbonyl (C=O) groups is 1. The van der Waals surface area contributed by atoms with Crippen LogP contribution in [0.15, 0.2) is 64.5 Å². The lowest BCUT2D eigenvalue weighted by atomic mass is 9.82. The molecule has 0 aliphatic heterocycles. The normalized spacial score (nSPS) is 16.2. The molecular weight excluding hydrogens is 346 g/mol. The van der Waals surface area contributed by atoms with E-state index in [1.807, 2.05) is 19.1 Å². The Labute approximate surface area is 154 Å². The Bertz CT molecular complexity index is 918. The van der Waals surface area contributed by atoms with Gasteiger partial charge >= 0.3 is 0 Å². The van der Waals surface area contributed by atoms with Crippen molar-refractivity contribution in [2.75, 3.05) is 0 Å². The SMILES string of the molecule is CCC1(/C=C(\NC=O)S(=O)(=O)c2ccc(C)cc2)Cc2ccccc2C1. The summed E-state index contributed by atoms with van der Waals surface area (Å²) >= 11 is 0. The maximum Gasteiger partial charge on any atom is 0.221 e. The Morgan fingerprint density at radius 1 is 1.08 bits per heavy atom. The molecule has 0 aromatic heterocycles. The van der Waals surface area contributed by atoms with Gasteiger partial charge in [-0.15, -0.1) is 0 Å². The van der Waals surface area contributed by atoms with Crippen molar-refractivity contribution >= 4 is 16.2 Å². The minimum Gasteiger partial charge on any atom is -0.319 e. The number of hydrogen-bond acceptors (Lipinski definition) is 3. The van der Waals surface area contributed by atoms with Crippen LogP contribution in [0.4, 0.5) is 0 Å². The highest BCUT2D eigenvalue weighted by Crippen LogP contribution is 2.42. The van der Waals surface area contributed by atoms with E-state index in [9.17, 15) is 13.2 Å². The van der Waals surface area contributed by atoms with Crippen LogP contribution < -0.4 is 5.32 Å². The summed E-state index contributed by atoms with van der Waals surface area (Å²) in [5.41, 5.74) is 3.15. The molecule has 1 aliphatic carbocycles. The van der Waals surface area contributed by atoms with Gasteiger partial charge in [-0.1, -0.05) is 48.9 Å². The summed E-state index contributed by atoms with van der Waals surface area (Å²) in [5, 5.41) is 2.41. The quantitative estimate of drug-likeness (QED) is 0.792. The van der Waals surface area contributed by atoms with Gasteiger partial charge in [0.05, 0.1) is 4.90 Å². The molecule has 0 bridgehead atoms. The molecule has 1 N–H and O–H groups in total. The van der Waals surface area contributed by atoms with Crippen LogP contribution in [0.3, 0.4) is 0 Å². The zero-order valence-electron chi connectivity index (χ0n) is 15.0. The van der Waals surface area contributed by atoms with E-state index < -0.39 is 9.84 Å². The van der Waals surface area contributed by atoms with Gasteiger partial charge in [-0.25, -0.2) is 8.42 Å². The van der Waals surface area contributed by atoms with Gasteiger partial charge in [0.1, 0.15) is 5.03 Å². The molecule has 0 saturated carbocycles. The second-order valence-electron chi connectivity index (χ2n) is 6.93. The van der Waals surface area contributed by atoms with Crippen molar-refractivity contribution in [3.63, 3.8) is 0 Å². The van der Waals surface area contributed by atoms with Crippen molar-refractivity contribution in [2.45, 2.75) is 38.0 Å². The molecule has 26 heavy (non-hydrogen) atoms. The largest absolute Gasteiger partial charge is 0.319 e. The molecule has 1 amide bonds. The van der Waals surface area contributed by atoms with Gasteiger partial charge in [-0.05, 0) is 60.9 Å². The summed E-state index contributed by atoms with van der Waals surface area (Å²) in [4.78, 5) is 11.3. The summed E-state index contributed by atoms with van der Waals surface area (Å²) in [6.07, 6.45) is 4.51. The Balaban J connectivity index is 2.04. The molecule has 0 spiro atoms. The molecular formula is C21H23NO3S. The summed E-state index contributed by atoms with van der Waals surface area (Å²) < 4.78 is 26.1. The molecule has 0 fully saturated rings. The molecule has 2 aromatic rings. The number of aryl methyl sites for hydroxylation is 1. The number of benzene rings is 2. The fraction of sp³-hybridized carbons (Fsp3) is 0.286. The lowest BCUT2D eigenvalue weighted by Crippen LogP contribution is -2.26. The van der Waals surface area contributed by atoms with Crippen molar-refractivity contribution in [1.29, 1.82) is 0 Å². The van der Waals surface area contributed by atoms with Crippen LogP contribution in [0.2, 0.25) is 0 Å².